The van der Waals surface area contributed by atoms with Crippen molar-refractivity contribution in [2.75, 3.05) is 0 Å². The van der Waals surface area contributed by atoms with Gasteiger partial charge in [-0.25, -0.2) is 0 Å². The van der Waals surface area contributed by atoms with Gasteiger partial charge in [-0.1, -0.05) is 17.7 Å². The second kappa shape index (κ2) is 3.92. The second-order valence-corrected chi connectivity index (χ2v) is 4.78. The summed E-state index contributed by atoms with van der Waals surface area (Å²) in [6.45, 7) is 0. The average Bonchev–Trinajstić information content (AvgIpc) is 2.19. The maximum atomic E-state index is 6.54. The number of nitrogens with zero attached hydrogens (tertiary/aromatic N) is 1. The Morgan fingerprint density at radius 2 is 2.00 bits per heavy atom. The molecule has 1 aliphatic rings. The first-order valence-corrected chi connectivity index (χ1v) is 5.40. The molecule has 0 N–H and O–H groups in total. The number of rotatable bonds is 1. The third kappa shape index (κ3) is 1.94. The Labute approximate surface area is 93.8 Å². The van der Waals surface area contributed by atoms with Gasteiger partial charge in [0.1, 0.15) is 0 Å². The fourth-order valence-electron chi connectivity index (χ4n) is 1.78. The first-order chi connectivity index (χ1) is 6.71. The highest BCUT2D eigenvalue weighted by atomic mass is 35.5. The van der Waals surface area contributed by atoms with E-state index in [2.05, 4.69) is 4.98 Å². The molecule has 0 fully saturated rings. The van der Waals surface area contributed by atoms with Crippen LogP contribution in [0.15, 0.2) is 35.6 Å². The standard InChI is InChI=1S/C11H11Cl2N/c12-10-2-1-5-11(13,8-10)9-3-6-14-7-4-9/h2-4,6-7H,1,5,8H2. The molecule has 0 aliphatic heterocycles. The first-order valence-electron chi connectivity index (χ1n) is 4.65. The fourth-order valence-corrected chi connectivity index (χ4v) is 2.57. The average molecular weight is 228 g/mol. The molecule has 0 saturated heterocycles. The normalized spacial score (nSPS) is 27.1. The summed E-state index contributed by atoms with van der Waals surface area (Å²) in [5, 5.41) is 0.864. The molecule has 1 nitrogen and oxygen atoms in total. The summed E-state index contributed by atoms with van der Waals surface area (Å²) in [7, 11) is 0. The van der Waals surface area contributed by atoms with Gasteiger partial charge in [-0.05, 0) is 30.5 Å². The minimum absolute atomic E-state index is 0.325. The number of allylic oxidation sites excluding steroid dienone is 2. The van der Waals surface area contributed by atoms with Crippen LogP contribution in [0.4, 0.5) is 0 Å². The predicted octanol–water partition coefficient (Wildman–Crippen LogP) is 3.82. The van der Waals surface area contributed by atoms with Crippen LogP contribution in [0.2, 0.25) is 0 Å². The number of pyridine rings is 1. The van der Waals surface area contributed by atoms with Crippen LogP contribution in [-0.4, -0.2) is 4.98 Å². The third-order valence-electron chi connectivity index (χ3n) is 2.55. The van der Waals surface area contributed by atoms with E-state index >= 15 is 0 Å². The Kier molecular flexibility index (Phi) is 2.80. The van der Waals surface area contributed by atoms with Gasteiger partial charge in [0.25, 0.3) is 0 Å². The van der Waals surface area contributed by atoms with Gasteiger partial charge in [0.15, 0.2) is 0 Å². The first kappa shape index (κ1) is 10.0. The van der Waals surface area contributed by atoms with Crippen molar-refractivity contribution in [3.05, 3.63) is 41.2 Å². The Bertz CT molecular complexity index is 348. The molecule has 1 unspecified atom stereocenters. The van der Waals surface area contributed by atoms with Crippen LogP contribution in [0.1, 0.15) is 24.8 Å². The number of halogens is 2. The molecule has 0 aromatic carbocycles. The smallest absolute Gasteiger partial charge is 0.0747 e. The number of aromatic nitrogens is 1. The molecule has 1 aliphatic carbocycles. The summed E-state index contributed by atoms with van der Waals surface area (Å²) in [6.07, 6.45) is 8.19. The third-order valence-corrected chi connectivity index (χ3v) is 3.38. The van der Waals surface area contributed by atoms with Crippen molar-refractivity contribution in [2.24, 2.45) is 0 Å². The van der Waals surface area contributed by atoms with Crippen LogP contribution >= 0.6 is 23.2 Å². The van der Waals surface area contributed by atoms with E-state index in [0.29, 0.717) is 0 Å². The van der Waals surface area contributed by atoms with Gasteiger partial charge in [0.05, 0.1) is 4.87 Å². The number of hydrogen-bond acceptors (Lipinski definition) is 1. The van der Waals surface area contributed by atoms with Gasteiger partial charge in [-0.2, -0.15) is 0 Å². The summed E-state index contributed by atoms with van der Waals surface area (Å²) < 4.78 is 0. The van der Waals surface area contributed by atoms with E-state index in [9.17, 15) is 0 Å². The maximum absolute atomic E-state index is 6.54. The number of alkyl halides is 1. The predicted molar refractivity (Wildman–Crippen MR) is 59.6 cm³/mol. The summed E-state index contributed by atoms with van der Waals surface area (Å²) in [6, 6.07) is 3.92. The Morgan fingerprint density at radius 3 is 2.64 bits per heavy atom. The molecule has 0 bridgehead atoms. The summed E-state index contributed by atoms with van der Waals surface area (Å²) in [5.74, 6) is 0. The summed E-state index contributed by atoms with van der Waals surface area (Å²) >= 11 is 12.6. The van der Waals surface area contributed by atoms with Crippen LogP contribution in [0.3, 0.4) is 0 Å². The van der Waals surface area contributed by atoms with E-state index in [0.717, 1.165) is 29.9 Å². The minimum Gasteiger partial charge on any atom is -0.265 e. The Morgan fingerprint density at radius 1 is 1.29 bits per heavy atom. The fraction of sp³-hybridized carbons (Fsp3) is 0.364. The SMILES string of the molecule is ClC1=CCCC(Cl)(c2ccncc2)C1. The van der Waals surface area contributed by atoms with Crippen molar-refractivity contribution < 1.29 is 0 Å². The molecule has 0 radical (unpaired) electrons. The van der Waals surface area contributed by atoms with Crippen LogP contribution in [0.25, 0.3) is 0 Å². The van der Waals surface area contributed by atoms with Crippen molar-refractivity contribution in [3.63, 3.8) is 0 Å². The lowest BCUT2D eigenvalue weighted by Gasteiger charge is -2.30. The molecule has 1 aromatic rings. The highest BCUT2D eigenvalue weighted by molar-refractivity contribution is 6.31. The molecule has 0 spiro atoms. The molecule has 74 valence electrons. The molecule has 0 saturated carbocycles. The summed E-state index contributed by atoms with van der Waals surface area (Å²) in [5.41, 5.74) is 1.11. The molecule has 2 rings (SSSR count). The topological polar surface area (TPSA) is 12.9 Å². The lowest BCUT2D eigenvalue weighted by Crippen LogP contribution is -2.21. The van der Waals surface area contributed by atoms with Crippen molar-refractivity contribution in [1.29, 1.82) is 0 Å². The Balaban J connectivity index is 2.30. The molecule has 3 heteroatoms. The molecule has 1 atom stereocenters. The van der Waals surface area contributed by atoms with Crippen molar-refractivity contribution in [1.82, 2.24) is 4.98 Å². The van der Waals surface area contributed by atoms with E-state index < -0.39 is 0 Å². The lowest BCUT2D eigenvalue weighted by molar-refractivity contribution is 0.541. The highest BCUT2D eigenvalue weighted by Gasteiger charge is 2.31. The quantitative estimate of drug-likeness (QED) is 0.666. The van der Waals surface area contributed by atoms with Crippen LogP contribution in [0, 0.1) is 0 Å². The van der Waals surface area contributed by atoms with Crippen LogP contribution < -0.4 is 0 Å². The number of hydrogen-bond donors (Lipinski definition) is 0. The van der Waals surface area contributed by atoms with E-state index in [-0.39, 0.29) is 4.87 Å². The monoisotopic (exact) mass is 227 g/mol. The van der Waals surface area contributed by atoms with Crippen molar-refractivity contribution >= 4 is 23.2 Å². The zero-order chi connectivity index (χ0) is 10.0. The van der Waals surface area contributed by atoms with Gasteiger partial charge in [-0.15, -0.1) is 11.6 Å². The van der Waals surface area contributed by atoms with Crippen molar-refractivity contribution in [3.8, 4) is 0 Å². The lowest BCUT2D eigenvalue weighted by atomic mass is 9.87. The van der Waals surface area contributed by atoms with Gasteiger partial charge in [-0.3, -0.25) is 4.98 Å². The largest absolute Gasteiger partial charge is 0.265 e. The molecular weight excluding hydrogens is 217 g/mol. The Hall–Kier alpha value is -0.530. The molecule has 0 amide bonds. The van der Waals surface area contributed by atoms with E-state index in [1.807, 2.05) is 18.2 Å². The van der Waals surface area contributed by atoms with Gasteiger partial charge >= 0.3 is 0 Å². The zero-order valence-electron chi connectivity index (χ0n) is 7.71. The highest BCUT2D eigenvalue weighted by Crippen LogP contribution is 2.43. The van der Waals surface area contributed by atoms with E-state index in [1.165, 1.54) is 0 Å². The minimum atomic E-state index is -0.325. The maximum Gasteiger partial charge on any atom is 0.0747 e. The molecular formula is C11H11Cl2N. The molecule has 14 heavy (non-hydrogen) atoms. The van der Waals surface area contributed by atoms with Crippen molar-refractivity contribution in [2.45, 2.75) is 24.1 Å². The second-order valence-electron chi connectivity index (χ2n) is 3.57. The van der Waals surface area contributed by atoms with Gasteiger partial charge in [0, 0.05) is 23.8 Å². The van der Waals surface area contributed by atoms with E-state index in [1.54, 1.807) is 12.4 Å². The van der Waals surface area contributed by atoms with E-state index in [4.69, 9.17) is 23.2 Å². The molecule has 1 heterocycles. The van der Waals surface area contributed by atoms with Crippen LogP contribution in [0.5, 0.6) is 0 Å². The zero-order valence-corrected chi connectivity index (χ0v) is 9.22. The summed E-state index contributed by atoms with van der Waals surface area (Å²) in [4.78, 5) is 3.66. The van der Waals surface area contributed by atoms with Crippen LogP contribution in [-0.2, 0) is 4.87 Å². The molecule has 1 aromatic heterocycles. The van der Waals surface area contributed by atoms with Gasteiger partial charge < -0.3 is 0 Å². The van der Waals surface area contributed by atoms with Gasteiger partial charge in [0.2, 0.25) is 0 Å².